The molecular weight excluding hydrogens is 268 g/mol. The summed E-state index contributed by atoms with van der Waals surface area (Å²) in [6, 6.07) is 0. The lowest BCUT2D eigenvalue weighted by molar-refractivity contribution is -0.890. The first-order chi connectivity index (χ1) is 9.87. The first-order valence-corrected chi connectivity index (χ1v) is 7.81. The number of rotatable bonds is 13. The van der Waals surface area contributed by atoms with Crippen LogP contribution >= 0.6 is 0 Å². The molecule has 0 bridgehead atoms. The molecule has 5 heteroatoms. The Morgan fingerprint density at radius 2 is 1.62 bits per heavy atom. The molecule has 0 unspecified atom stereocenters. The molecule has 0 rings (SSSR count). The Morgan fingerprint density at radius 1 is 1.05 bits per heavy atom. The molecule has 0 spiro atoms. The number of carbonyl (C=O) groups is 2. The summed E-state index contributed by atoms with van der Waals surface area (Å²) in [6.45, 7) is 6.14. The number of amides is 1. The van der Waals surface area contributed by atoms with Crippen LogP contribution in [0.15, 0.2) is 12.7 Å². The number of quaternary nitrogens is 1. The average molecular weight is 299 g/mol. The Bertz CT molecular complexity index is 327. The van der Waals surface area contributed by atoms with Crippen LogP contribution in [0.25, 0.3) is 0 Å². The van der Waals surface area contributed by atoms with Gasteiger partial charge in [-0.2, -0.15) is 0 Å². The number of aliphatic carboxylic acids is 1. The quantitative estimate of drug-likeness (QED) is 0.311. The van der Waals surface area contributed by atoms with E-state index >= 15 is 0 Å². The van der Waals surface area contributed by atoms with E-state index < -0.39 is 5.97 Å². The monoisotopic (exact) mass is 299 g/mol. The Labute approximate surface area is 128 Å². The van der Waals surface area contributed by atoms with Crippen LogP contribution in [-0.4, -0.2) is 55.2 Å². The Morgan fingerprint density at radius 3 is 2.24 bits per heavy atom. The van der Waals surface area contributed by atoms with E-state index in [0.29, 0.717) is 0 Å². The van der Waals surface area contributed by atoms with Gasteiger partial charge in [0.2, 0.25) is 5.91 Å². The maximum atomic E-state index is 10.9. The number of nitrogens with zero attached hydrogens (tertiary/aromatic N) is 1. The molecule has 2 N–H and O–H groups in total. The fourth-order valence-electron chi connectivity index (χ4n) is 2.25. The number of carboxylic acid groups (broad SMARTS) is 1. The van der Waals surface area contributed by atoms with Gasteiger partial charge in [0.25, 0.3) is 0 Å². The van der Waals surface area contributed by atoms with Gasteiger partial charge in [0.1, 0.15) is 0 Å². The summed E-state index contributed by atoms with van der Waals surface area (Å²) < 4.78 is 0.892. The molecule has 0 heterocycles. The third-order valence-corrected chi connectivity index (χ3v) is 3.58. The van der Waals surface area contributed by atoms with E-state index in [2.05, 4.69) is 26.0 Å². The van der Waals surface area contributed by atoms with Gasteiger partial charge in [-0.3, -0.25) is 9.59 Å². The van der Waals surface area contributed by atoms with Crippen molar-refractivity contribution >= 4 is 11.9 Å². The number of carboxylic acids is 1. The van der Waals surface area contributed by atoms with Gasteiger partial charge in [-0.1, -0.05) is 19.4 Å². The maximum absolute atomic E-state index is 10.9. The average Bonchev–Trinajstić information content (AvgIpc) is 2.40. The maximum Gasteiger partial charge on any atom is 0.303 e. The van der Waals surface area contributed by atoms with Crippen molar-refractivity contribution in [1.29, 1.82) is 0 Å². The van der Waals surface area contributed by atoms with Gasteiger partial charge in [-0.05, 0) is 25.3 Å². The van der Waals surface area contributed by atoms with Crippen molar-refractivity contribution in [2.45, 2.75) is 44.9 Å². The topological polar surface area (TPSA) is 66.4 Å². The third-order valence-electron chi connectivity index (χ3n) is 3.58. The van der Waals surface area contributed by atoms with E-state index in [-0.39, 0.29) is 12.3 Å². The molecule has 0 radical (unpaired) electrons. The first kappa shape index (κ1) is 19.6. The minimum absolute atomic E-state index is 0.101. The molecule has 0 saturated heterocycles. The predicted molar refractivity (Wildman–Crippen MR) is 85.0 cm³/mol. The number of unbranched alkanes of at least 4 members (excludes halogenated alkanes) is 4. The summed E-state index contributed by atoms with van der Waals surface area (Å²) in [4.78, 5) is 21.4. The molecule has 0 saturated carbocycles. The summed E-state index contributed by atoms with van der Waals surface area (Å²) in [7, 11) is 4.32. The van der Waals surface area contributed by atoms with E-state index in [9.17, 15) is 9.59 Å². The highest BCUT2D eigenvalue weighted by molar-refractivity contribution is 5.86. The molecule has 21 heavy (non-hydrogen) atoms. The van der Waals surface area contributed by atoms with Crippen LogP contribution in [0.3, 0.4) is 0 Å². The van der Waals surface area contributed by atoms with E-state index in [4.69, 9.17) is 5.11 Å². The highest BCUT2D eigenvalue weighted by atomic mass is 16.4. The summed E-state index contributed by atoms with van der Waals surface area (Å²) in [5.41, 5.74) is 0. The van der Waals surface area contributed by atoms with Gasteiger partial charge < -0.3 is 14.9 Å². The lowest BCUT2D eigenvalue weighted by atomic mass is 10.1. The second-order valence-electron chi connectivity index (χ2n) is 6.14. The second kappa shape index (κ2) is 11.3. The van der Waals surface area contributed by atoms with Crippen LogP contribution < -0.4 is 5.32 Å². The molecule has 5 nitrogen and oxygen atoms in total. The van der Waals surface area contributed by atoms with Crippen molar-refractivity contribution in [3.05, 3.63) is 12.7 Å². The van der Waals surface area contributed by atoms with Crippen LogP contribution in [0.1, 0.15) is 44.9 Å². The van der Waals surface area contributed by atoms with Crippen LogP contribution in [-0.2, 0) is 9.59 Å². The zero-order valence-corrected chi connectivity index (χ0v) is 13.6. The number of carbonyl (C=O) groups excluding carboxylic acids is 1. The van der Waals surface area contributed by atoms with Crippen molar-refractivity contribution < 1.29 is 19.2 Å². The summed E-state index contributed by atoms with van der Waals surface area (Å²) >= 11 is 0. The second-order valence-corrected chi connectivity index (χ2v) is 6.14. The van der Waals surface area contributed by atoms with Crippen molar-refractivity contribution in [3.63, 3.8) is 0 Å². The zero-order valence-electron chi connectivity index (χ0n) is 13.6. The fraction of sp³-hybridized carbons (Fsp3) is 0.750. The molecular formula is C16H31N2O3+. The highest BCUT2D eigenvalue weighted by Gasteiger charge is 2.14. The largest absolute Gasteiger partial charge is 0.481 e. The van der Waals surface area contributed by atoms with Crippen molar-refractivity contribution in [2.24, 2.45) is 0 Å². The van der Waals surface area contributed by atoms with Crippen LogP contribution in [0.2, 0.25) is 0 Å². The molecule has 0 aromatic heterocycles. The van der Waals surface area contributed by atoms with Gasteiger partial charge in [0.15, 0.2) is 0 Å². The Hall–Kier alpha value is -1.36. The van der Waals surface area contributed by atoms with Gasteiger partial charge in [-0.25, -0.2) is 0 Å². The van der Waals surface area contributed by atoms with Crippen molar-refractivity contribution in [3.8, 4) is 0 Å². The van der Waals surface area contributed by atoms with Gasteiger partial charge in [-0.15, -0.1) is 0 Å². The minimum Gasteiger partial charge on any atom is -0.481 e. The molecule has 122 valence electrons. The van der Waals surface area contributed by atoms with Gasteiger partial charge in [0.05, 0.1) is 33.6 Å². The number of hydrogen-bond donors (Lipinski definition) is 2. The Balaban J connectivity index is 3.46. The zero-order chi connectivity index (χ0) is 16.1. The van der Waals surface area contributed by atoms with Crippen molar-refractivity contribution in [1.82, 2.24) is 5.32 Å². The molecule has 0 aromatic rings. The van der Waals surface area contributed by atoms with Crippen LogP contribution in [0.5, 0.6) is 0 Å². The lowest BCUT2D eigenvalue weighted by Gasteiger charge is -2.29. The summed E-state index contributed by atoms with van der Waals surface area (Å²) in [5, 5.41) is 11.4. The SMILES string of the molecule is C=CC(=O)NCCCCCCC[N+](C)(C)CCCC(=O)O. The third kappa shape index (κ3) is 13.4. The standard InChI is InChI=1S/C16H30N2O3/c1-4-15(19)17-12-8-6-5-7-9-13-18(2,3)14-10-11-16(20)21/h4H,1,5-14H2,2-3H3,(H-,17,19,20,21)/p+1. The van der Waals surface area contributed by atoms with E-state index in [1.807, 2.05) is 0 Å². The molecule has 1 amide bonds. The van der Waals surface area contributed by atoms with E-state index in [1.165, 1.54) is 25.3 Å². The van der Waals surface area contributed by atoms with Gasteiger partial charge >= 0.3 is 5.97 Å². The van der Waals surface area contributed by atoms with E-state index in [1.54, 1.807) is 0 Å². The number of hydrogen-bond acceptors (Lipinski definition) is 2. The molecule has 0 fully saturated rings. The first-order valence-electron chi connectivity index (χ1n) is 7.81. The molecule has 0 aromatic carbocycles. The fourth-order valence-corrected chi connectivity index (χ4v) is 2.25. The molecule has 0 aliphatic heterocycles. The summed E-state index contributed by atoms with van der Waals surface area (Å²) in [6.07, 6.45) is 7.97. The lowest BCUT2D eigenvalue weighted by Crippen LogP contribution is -2.41. The minimum atomic E-state index is -0.710. The molecule has 0 aliphatic carbocycles. The predicted octanol–water partition coefficient (Wildman–Crippen LogP) is 2.18. The van der Waals surface area contributed by atoms with Gasteiger partial charge in [0, 0.05) is 13.0 Å². The highest BCUT2D eigenvalue weighted by Crippen LogP contribution is 2.08. The summed E-state index contributed by atoms with van der Waals surface area (Å²) in [5.74, 6) is -0.811. The normalized spacial score (nSPS) is 11.1. The van der Waals surface area contributed by atoms with Crippen LogP contribution in [0, 0.1) is 0 Å². The molecule has 0 aliphatic rings. The van der Waals surface area contributed by atoms with Crippen molar-refractivity contribution in [2.75, 3.05) is 33.7 Å². The smallest absolute Gasteiger partial charge is 0.303 e. The molecule has 0 atom stereocenters. The Kier molecular flexibility index (Phi) is 10.6. The number of nitrogens with one attached hydrogen (secondary N) is 1. The van der Waals surface area contributed by atoms with E-state index in [0.717, 1.165) is 43.4 Å². The van der Waals surface area contributed by atoms with Crippen LogP contribution in [0.4, 0.5) is 0 Å².